The lowest BCUT2D eigenvalue weighted by molar-refractivity contribution is 0.0723. The quantitative estimate of drug-likeness (QED) is 0.528. The van der Waals surface area contributed by atoms with E-state index in [1.165, 1.54) is 18.9 Å². The molecule has 0 radical (unpaired) electrons. The van der Waals surface area contributed by atoms with E-state index in [4.69, 9.17) is 4.98 Å². The summed E-state index contributed by atoms with van der Waals surface area (Å²) < 4.78 is 16.6. The maximum Gasteiger partial charge on any atom is 0.257 e. The van der Waals surface area contributed by atoms with E-state index in [0.29, 0.717) is 25.0 Å². The van der Waals surface area contributed by atoms with Crippen molar-refractivity contribution >= 4 is 17.1 Å². The van der Waals surface area contributed by atoms with Crippen LogP contribution in [0.4, 0.5) is 4.39 Å². The summed E-state index contributed by atoms with van der Waals surface area (Å²) in [6.07, 6.45) is 7.23. The predicted molar refractivity (Wildman–Crippen MR) is 116 cm³/mol. The lowest BCUT2D eigenvalue weighted by Gasteiger charge is -2.25. The molecule has 0 aliphatic heterocycles. The molecule has 6 heteroatoms. The summed E-state index contributed by atoms with van der Waals surface area (Å²) in [5.41, 5.74) is 1.84. The molecule has 0 unspecified atom stereocenters. The molecular weight excluding hydrogens is 379 g/mol. The Morgan fingerprint density at radius 2 is 1.97 bits per heavy atom. The molecule has 2 aromatic heterocycles. The average Bonchev–Trinajstić information content (AvgIpc) is 3.38. The molecule has 158 valence electrons. The second kappa shape index (κ2) is 8.94. The zero-order valence-corrected chi connectivity index (χ0v) is 17.7. The van der Waals surface area contributed by atoms with Crippen LogP contribution in [0.1, 0.15) is 68.2 Å². The molecule has 2 heterocycles. The number of imidazole rings is 1. The van der Waals surface area contributed by atoms with Gasteiger partial charge in [-0.15, -0.1) is 0 Å². The third-order valence-corrected chi connectivity index (χ3v) is 5.91. The van der Waals surface area contributed by atoms with Crippen molar-refractivity contribution in [3.63, 3.8) is 0 Å². The van der Waals surface area contributed by atoms with Gasteiger partial charge in [-0.3, -0.25) is 4.79 Å². The monoisotopic (exact) mass is 408 g/mol. The van der Waals surface area contributed by atoms with Crippen molar-refractivity contribution in [1.82, 2.24) is 19.4 Å². The van der Waals surface area contributed by atoms with Crippen molar-refractivity contribution in [1.29, 1.82) is 0 Å². The topological polar surface area (TPSA) is 51.0 Å². The molecule has 0 saturated heterocycles. The molecule has 5 nitrogen and oxygen atoms in total. The number of hydrogen-bond acceptors (Lipinski definition) is 3. The fourth-order valence-electron chi connectivity index (χ4n) is 4.28. The number of carbonyl (C=O) groups excluding carboxylic acids is 1. The van der Waals surface area contributed by atoms with Crippen molar-refractivity contribution in [3.8, 4) is 0 Å². The van der Waals surface area contributed by atoms with Crippen molar-refractivity contribution in [2.45, 2.75) is 58.5 Å². The van der Waals surface area contributed by atoms with Crippen LogP contribution in [-0.2, 0) is 6.54 Å². The van der Waals surface area contributed by atoms with Gasteiger partial charge in [0.1, 0.15) is 17.2 Å². The number of rotatable bonds is 7. The van der Waals surface area contributed by atoms with Crippen LogP contribution in [0, 0.1) is 11.7 Å². The molecule has 3 aromatic rings. The van der Waals surface area contributed by atoms with E-state index in [2.05, 4.69) is 23.4 Å². The van der Waals surface area contributed by atoms with Gasteiger partial charge >= 0.3 is 0 Å². The van der Waals surface area contributed by atoms with Crippen molar-refractivity contribution < 1.29 is 9.18 Å². The van der Waals surface area contributed by atoms with Gasteiger partial charge in [-0.1, -0.05) is 38.8 Å². The maximum absolute atomic E-state index is 14.4. The standard InChI is InChI=1S/C24H29FN4O/c1-17(2)13-15-28(24(30)19-10-5-6-11-20(19)25)16-22-27-21-12-7-14-26-23(21)29(22)18-8-3-4-9-18/h5-7,10-12,14,17-18H,3-4,8-9,13,15-16H2,1-2H3. The Labute approximate surface area is 176 Å². The second-order valence-corrected chi connectivity index (χ2v) is 8.57. The number of aromatic nitrogens is 3. The van der Waals surface area contributed by atoms with E-state index in [1.54, 1.807) is 29.3 Å². The Morgan fingerprint density at radius 3 is 2.70 bits per heavy atom. The number of halogens is 1. The fraction of sp³-hybridized carbons (Fsp3) is 0.458. The molecule has 1 amide bonds. The highest BCUT2D eigenvalue weighted by atomic mass is 19.1. The van der Waals surface area contributed by atoms with E-state index < -0.39 is 5.82 Å². The highest BCUT2D eigenvalue weighted by Crippen LogP contribution is 2.33. The van der Waals surface area contributed by atoms with Gasteiger partial charge in [0, 0.05) is 18.8 Å². The van der Waals surface area contributed by atoms with Crippen molar-refractivity contribution in [2.75, 3.05) is 6.54 Å². The zero-order chi connectivity index (χ0) is 21.1. The summed E-state index contributed by atoms with van der Waals surface area (Å²) in [5.74, 6) is 0.509. The summed E-state index contributed by atoms with van der Waals surface area (Å²) in [6.45, 7) is 5.17. The highest BCUT2D eigenvalue weighted by Gasteiger charge is 2.26. The maximum atomic E-state index is 14.4. The van der Waals surface area contributed by atoms with Crippen LogP contribution in [0.5, 0.6) is 0 Å². The lowest BCUT2D eigenvalue weighted by atomic mass is 10.1. The average molecular weight is 409 g/mol. The molecule has 0 bridgehead atoms. The van der Waals surface area contributed by atoms with Gasteiger partial charge in [0.2, 0.25) is 0 Å². The number of pyridine rings is 1. The lowest BCUT2D eigenvalue weighted by Crippen LogP contribution is -2.34. The van der Waals surface area contributed by atoms with Crippen molar-refractivity contribution in [3.05, 3.63) is 59.8 Å². The Morgan fingerprint density at radius 1 is 1.20 bits per heavy atom. The molecule has 0 N–H and O–H groups in total. The smallest absolute Gasteiger partial charge is 0.257 e. The number of nitrogens with zero attached hydrogens (tertiary/aromatic N) is 4. The summed E-state index contributed by atoms with van der Waals surface area (Å²) in [4.78, 5) is 24.4. The first-order chi connectivity index (χ1) is 14.5. The minimum absolute atomic E-state index is 0.114. The molecule has 1 aliphatic carbocycles. The Balaban J connectivity index is 1.70. The van der Waals surface area contributed by atoms with E-state index in [0.717, 1.165) is 36.3 Å². The summed E-state index contributed by atoms with van der Waals surface area (Å²) >= 11 is 0. The predicted octanol–water partition coefficient (Wildman–Crippen LogP) is 5.37. The molecule has 1 aromatic carbocycles. The summed E-state index contributed by atoms with van der Waals surface area (Å²) in [7, 11) is 0. The van der Waals surface area contributed by atoms with Gasteiger partial charge in [0.05, 0.1) is 12.1 Å². The van der Waals surface area contributed by atoms with Crippen LogP contribution < -0.4 is 0 Å². The summed E-state index contributed by atoms with van der Waals surface area (Å²) in [6, 6.07) is 10.4. The largest absolute Gasteiger partial charge is 0.331 e. The van der Waals surface area contributed by atoms with Gasteiger partial charge in [-0.05, 0) is 49.4 Å². The van der Waals surface area contributed by atoms with Gasteiger partial charge in [0.15, 0.2) is 5.65 Å². The Hall–Kier alpha value is -2.76. The van der Waals surface area contributed by atoms with Gasteiger partial charge in [-0.2, -0.15) is 0 Å². The molecule has 1 aliphatic rings. The van der Waals surface area contributed by atoms with Crippen LogP contribution in [0.15, 0.2) is 42.6 Å². The molecule has 30 heavy (non-hydrogen) atoms. The minimum Gasteiger partial charge on any atom is -0.331 e. The minimum atomic E-state index is -0.483. The fourth-order valence-corrected chi connectivity index (χ4v) is 4.28. The second-order valence-electron chi connectivity index (χ2n) is 8.57. The van der Waals surface area contributed by atoms with E-state index >= 15 is 0 Å². The van der Waals surface area contributed by atoms with Crippen LogP contribution in [0.25, 0.3) is 11.2 Å². The highest BCUT2D eigenvalue weighted by molar-refractivity contribution is 5.94. The Bertz CT molecular complexity index is 1020. The molecule has 0 atom stereocenters. The number of carbonyl (C=O) groups is 1. The normalized spacial score (nSPS) is 14.7. The SMILES string of the molecule is CC(C)CCN(Cc1nc2cccnc2n1C1CCCC1)C(=O)c1ccccc1F. The van der Waals surface area contributed by atoms with Gasteiger partial charge in [-0.25, -0.2) is 14.4 Å². The molecule has 0 spiro atoms. The van der Waals surface area contributed by atoms with Crippen LogP contribution in [0.2, 0.25) is 0 Å². The van der Waals surface area contributed by atoms with Gasteiger partial charge in [0.25, 0.3) is 5.91 Å². The van der Waals surface area contributed by atoms with E-state index in [-0.39, 0.29) is 11.5 Å². The van der Waals surface area contributed by atoms with Crippen molar-refractivity contribution in [2.24, 2.45) is 5.92 Å². The molecule has 4 rings (SSSR count). The number of hydrogen-bond donors (Lipinski definition) is 0. The molecular formula is C24H29FN4O. The zero-order valence-electron chi connectivity index (χ0n) is 17.7. The first-order valence-electron chi connectivity index (χ1n) is 10.9. The first-order valence-corrected chi connectivity index (χ1v) is 10.9. The Kier molecular flexibility index (Phi) is 6.11. The van der Waals surface area contributed by atoms with Crippen LogP contribution >= 0.6 is 0 Å². The van der Waals surface area contributed by atoms with Gasteiger partial charge < -0.3 is 9.47 Å². The first kappa shape index (κ1) is 20.5. The number of benzene rings is 1. The number of amides is 1. The van der Waals surface area contributed by atoms with E-state index in [1.807, 2.05) is 12.1 Å². The van der Waals surface area contributed by atoms with Crippen LogP contribution in [-0.4, -0.2) is 31.9 Å². The summed E-state index contributed by atoms with van der Waals surface area (Å²) in [5, 5.41) is 0. The molecule has 1 fully saturated rings. The number of fused-ring (bicyclic) bond motifs is 1. The molecule has 1 saturated carbocycles. The van der Waals surface area contributed by atoms with Crippen LogP contribution in [0.3, 0.4) is 0 Å². The third kappa shape index (κ3) is 4.23. The third-order valence-electron chi connectivity index (χ3n) is 5.91. The van der Waals surface area contributed by atoms with E-state index in [9.17, 15) is 9.18 Å².